The normalized spacial score (nSPS) is 10.9. The van der Waals surface area contributed by atoms with Gasteiger partial charge in [0, 0.05) is 0 Å². The van der Waals surface area contributed by atoms with E-state index in [-0.39, 0.29) is 5.56 Å². The second-order valence-electron chi connectivity index (χ2n) is 24.5. The number of para-hydroxylation sites is 4. The molecular weight excluding hydrogens is 1600 g/mol. The average molecular weight is 1660 g/mol. The summed E-state index contributed by atoms with van der Waals surface area (Å²) in [7, 11) is 0. The Morgan fingerprint density at radius 3 is 1.53 bits per heavy atom. The molecule has 0 saturated carbocycles. The monoisotopic (exact) mass is 1660 g/mol. The van der Waals surface area contributed by atoms with Crippen LogP contribution in [-0.4, -0.2) is 160 Å². The van der Waals surface area contributed by atoms with Crippen molar-refractivity contribution in [3.05, 3.63) is 362 Å². The van der Waals surface area contributed by atoms with Gasteiger partial charge in [0.15, 0.2) is 0 Å². The van der Waals surface area contributed by atoms with Gasteiger partial charge in [0.2, 0.25) is 0 Å². The molecule has 499 valence electrons. The molecule has 0 spiro atoms. The van der Waals surface area contributed by atoms with E-state index in [0.717, 1.165) is 162 Å². The van der Waals surface area contributed by atoms with Gasteiger partial charge in [0.25, 0.3) is 0 Å². The molecular formula is C84H61Ga5N15O2. The van der Waals surface area contributed by atoms with Gasteiger partial charge in [-0.05, 0) is 0 Å². The number of fused-ring (bicyclic) bond motifs is 7. The number of benzene rings is 9. The summed E-state index contributed by atoms with van der Waals surface area (Å²) in [5.41, 5.74) is 16.7. The van der Waals surface area contributed by atoms with Crippen molar-refractivity contribution in [2.45, 2.75) is 0 Å². The average Bonchev–Trinajstić information content (AvgIpc) is 1.59. The summed E-state index contributed by atoms with van der Waals surface area (Å²) < 4.78 is 14.6. The van der Waals surface area contributed by atoms with Crippen LogP contribution in [0.1, 0.15) is 0 Å². The van der Waals surface area contributed by atoms with Crippen LogP contribution >= 0.6 is 0 Å². The minimum absolute atomic E-state index is 0.00743. The number of nitrogens with zero attached hydrogens (tertiary/aromatic N) is 15. The third-order valence-corrected chi connectivity index (χ3v) is 24.1. The maximum absolute atomic E-state index is 12.0. The molecule has 0 amide bonds. The van der Waals surface area contributed by atoms with E-state index in [0.29, 0.717) is 11.5 Å². The zero-order valence-electron chi connectivity index (χ0n) is 57.4. The van der Waals surface area contributed by atoms with Crippen molar-refractivity contribution in [2.24, 2.45) is 0 Å². The van der Waals surface area contributed by atoms with Crippen LogP contribution in [-0.2, 0) is 0 Å². The third-order valence-electron chi connectivity index (χ3n) is 17.9. The molecule has 0 unspecified atom stereocenters. The van der Waals surface area contributed by atoms with Gasteiger partial charge in [0.05, 0.1) is 0 Å². The molecule has 0 fully saturated rings. The van der Waals surface area contributed by atoms with E-state index >= 15 is 0 Å². The van der Waals surface area contributed by atoms with Crippen molar-refractivity contribution in [3.8, 4) is 91.1 Å². The Labute approximate surface area is 660 Å². The fourth-order valence-electron chi connectivity index (χ4n) is 12.8. The summed E-state index contributed by atoms with van der Waals surface area (Å²) in [6, 6.07) is 98.5. The summed E-state index contributed by atoms with van der Waals surface area (Å²) in [4.78, 5) is 58.0. The summed E-state index contributed by atoms with van der Waals surface area (Å²) in [6.07, 6.45) is 14.9. The van der Waals surface area contributed by atoms with Crippen LogP contribution in [0.3, 0.4) is 0 Å². The van der Waals surface area contributed by atoms with Gasteiger partial charge in [0.1, 0.15) is 0 Å². The third kappa shape index (κ3) is 15.1. The Bertz CT molecular complexity index is 6300. The second-order valence-corrected chi connectivity index (χ2v) is 31.4. The van der Waals surface area contributed by atoms with Gasteiger partial charge in [-0.3, -0.25) is 0 Å². The molecule has 0 atom stereocenters. The fourth-order valence-corrected chi connectivity index (χ4v) is 17.5. The van der Waals surface area contributed by atoms with E-state index in [1.165, 1.54) is 72.0 Å². The predicted molar refractivity (Wildman–Crippen MR) is 434 cm³/mol. The standard InChI is InChI=1S/C23H15N2.C20H15N3O.C18H13N4.C15H9N2.C8H6N4O.5Ga.5H/c1-2-8-16(9-3-1)22-19-12-6-7-13-20(19)25-23(22)21-14-17-10-4-5-11-18(17)15-24-21;24-19-13-7-12-17(21-19)18-14-23(16-10-5-2-6-11-16)20(22-18)15-8-3-1-4-9-15;1-3-7-14(8-4-1)18-21-16(17-19-11-12-20-17)13-22(18)15-9-5-2-6-10-15;1-2-6-13-11(5-1)12-8-7-10-4-3-9-16-14(10)15(12)17-13;13-8-11-5-10-7(12-8)6-3-1-2-4-9-6;;;;;;;;;;/h1-15H;1-14H,(H,21,24);1-13H;1-9H;1-5H,(H,10,11,12,13);;;;;;;;;;/q-1;;2*-1;;5*+1;;;;;/p-2. The van der Waals surface area contributed by atoms with E-state index in [1.54, 1.807) is 24.9 Å². The zero-order valence-corrected chi connectivity index (χ0v) is 72.2. The molecule has 0 bridgehead atoms. The molecule has 10 heterocycles. The number of imidazole rings is 3. The Kier molecular flexibility index (Phi) is 21.6. The SMILES string of the molecule is O=c1cccc(-c2cn(-c3ccccc3)c(-c3ccccc3)n2)[n]1[GaH].O=c1nc[n]([GaH])c(-c2ccccn2)n1.[GaH][n]1c(-c2cc3ccccc3cn2)c(-c2ccccc2)c2ccccc21.[GaH][n]1c2ccccc2c2ccc3cccnc3c21.[GaH][n]1ccnc1-c1cn(-c2ccccc2)c(-c2ccccc2)n1. The molecule has 10 aromatic heterocycles. The molecule has 19 aromatic rings. The van der Waals surface area contributed by atoms with Gasteiger partial charge in [-0.2, -0.15) is 0 Å². The van der Waals surface area contributed by atoms with E-state index < -0.39 is 5.69 Å². The van der Waals surface area contributed by atoms with Crippen LogP contribution < -0.4 is 11.2 Å². The summed E-state index contributed by atoms with van der Waals surface area (Å²) >= 11 is 4.66. The van der Waals surface area contributed by atoms with Gasteiger partial charge in [-0.15, -0.1) is 0 Å². The summed E-state index contributed by atoms with van der Waals surface area (Å²) in [6.45, 7) is 0. The van der Waals surface area contributed by atoms with Gasteiger partial charge >= 0.3 is 667 Å². The van der Waals surface area contributed by atoms with E-state index in [2.05, 4.69) is 214 Å². The number of hydrogen-bond acceptors (Lipinski definition) is 10. The van der Waals surface area contributed by atoms with E-state index in [4.69, 9.17) is 15.0 Å². The van der Waals surface area contributed by atoms with Crippen molar-refractivity contribution >= 4 is 149 Å². The van der Waals surface area contributed by atoms with Crippen molar-refractivity contribution < 1.29 is 0 Å². The van der Waals surface area contributed by atoms with Gasteiger partial charge in [-0.25, -0.2) is 0 Å². The van der Waals surface area contributed by atoms with Crippen LogP contribution in [0.2, 0.25) is 0 Å². The van der Waals surface area contributed by atoms with Crippen LogP contribution in [0, 0.1) is 0 Å². The molecule has 0 aliphatic rings. The first-order chi connectivity index (χ1) is 52.0. The first kappa shape index (κ1) is 70.5. The van der Waals surface area contributed by atoms with Crippen molar-refractivity contribution in [3.63, 3.8) is 0 Å². The predicted octanol–water partition coefficient (Wildman–Crippen LogP) is 13.7. The summed E-state index contributed by atoms with van der Waals surface area (Å²) in [5.74, 6) is 3.27. The van der Waals surface area contributed by atoms with E-state index in [9.17, 15) is 9.59 Å². The molecule has 0 aliphatic heterocycles. The summed E-state index contributed by atoms with van der Waals surface area (Å²) in [5, 5.41) is 7.53. The van der Waals surface area contributed by atoms with Crippen molar-refractivity contribution in [1.82, 2.24) is 65.4 Å². The van der Waals surface area contributed by atoms with Crippen LogP contribution in [0.5, 0.6) is 0 Å². The molecule has 22 heteroatoms. The molecule has 0 N–H and O–H groups in total. The maximum atomic E-state index is 12.0. The van der Waals surface area contributed by atoms with Crippen molar-refractivity contribution in [1.29, 1.82) is 0 Å². The quantitative estimate of drug-likeness (QED) is 0.127. The molecule has 9 aromatic carbocycles. The minimum atomic E-state index is -0.477. The molecule has 17 nitrogen and oxygen atoms in total. The molecule has 0 saturated heterocycles. The van der Waals surface area contributed by atoms with Crippen LogP contribution in [0.4, 0.5) is 0 Å². The van der Waals surface area contributed by atoms with E-state index in [1.807, 2.05) is 146 Å². The first-order valence-electron chi connectivity index (χ1n) is 33.9. The number of aromatic nitrogens is 15. The Morgan fingerprint density at radius 1 is 0.330 bits per heavy atom. The van der Waals surface area contributed by atoms with Crippen LogP contribution in [0.15, 0.2) is 350 Å². The first-order valence-corrected chi connectivity index (χ1v) is 40.6. The Morgan fingerprint density at radius 2 is 0.887 bits per heavy atom. The Hall–Kier alpha value is -11.1. The number of rotatable bonds is 9. The molecule has 19 rings (SSSR count). The molecule has 106 heavy (non-hydrogen) atoms. The Balaban J connectivity index is 0.000000108. The number of hydrogen-bond donors (Lipinski definition) is 0. The number of pyridine rings is 4. The van der Waals surface area contributed by atoms with Gasteiger partial charge in [-0.1, -0.05) is 0 Å². The topological polar surface area (TPSA) is 172 Å². The fraction of sp³-hybridized carbons (Fsp3) is 0. The second kappa shape index (κ2) is 32.5. The van der Waals surface area contributed by atoms with Crippen LogP contribution in [0.25, 0.3) is 145 Å². The van der Waals surface area contributed by atoms with Gasteiger partial charge < -0.3 is 0 Å². The molecule has 5 radical (unpaired) electrons. The zero-order chi connectivity index (χ0) is 72.5. The molecule has 0 aliphatic carbocycles. The van der Waals surface area contributed by atoms with Crippen molar-refractivity contribution in [2.75, 3.05) is 0 Å².